The lowest BCUT2D eigenvalue weighted by Crippen LogP contribution is -2.25. The van der Waals surface area contributed by atoms with Crippen molar-refractivity contribution in [3.05, 3.63) is 24.0 Å². The number of hydrogen-bond acceptors (Lipinski definition) is 2. The molecule has 2 saturated carbocycles. The molecule has 0 heterocycles. The van der Waals surface area contributed by atoms with E-state index in [1.165, 1.54) is 31.4 Å². The van der Waals surface area contributed by atoms with E-state index in [0.717, 1.165) is 12.3 Å². The van der Waals surface area contributed by atoms with Gasteiger partial charge in [-0.3, -0.25) is 0 Å². The molecule has 0 saturated heterocycles. The average molecular weight is 271 g/mol. The Balaban J connectivity index is 1.67. The topological polar surface area (TPSA) is 21.3 Å². The summed E-state index contributed by atoms with van der Waals surface area (Å²) < 4.78 is 41.7. The van der Waals surface area contributed by atoms with E-state index >= 15 is 0 Å². The number of benzene rings is 1. The number of ether oxygens (including phenoxy) is 1. The highest BCUT2D eigenvalue weighted by Gasteiger charge is 2.39. The van der Waals surface area contributed by atoms with Crippen molar-refractivity contribution in [2.45, 2.75) is 38.3 Å². The van der Waals surface area contributed by atoms with Gasteiger partial charge in [0, 0.05) is 17.8 Å². The predicted octanol–water partition coefficient (Wildman–Crippen LogP) is 4.03. The number of rotatable bonds is 4. The fraction of sp³-hybridized carbons (Fsp3) is 0.571. The van der Waals surface area contributed by atoms with Crippen molar-refractivity contribution < 1.29 is 17.9 Å². The molecule has 19 heavy (non-hydrogen) atoms. The zero-order chi connectivity index (χ0) is 13.4. The Morgan fingerprint density at radius 1 is 1.21 bits per heavy atom. The summed E-state index contributed by atoms with van der Waals surface area (Å²) in [6, 6.07) is 4.45. The lowest BCUT2D eigenvalue weighted by Gasteiger charge is -2.24. The molecule has 5 heteroatoms. The zero-order valence-electron chi connectivity index (χ0n) is 10.4. The summed E-state index contributed by atoms with van der Waals surface area (Å²) in [5, 5.41) is 3.31. The first-order valence-corrected chi connectivity index (χ1v) is 6.62. The molecule has 0 amide bonds. The van der Waals surface area contributed by atoms with Gasteiger partial charge in [0.2, 0.25) is 0 Å². The molecule has 0 aromatic heterocycles. The minimum absolute atomic E-state index is 0.389. The van der Waals surface area contributed by atoms with Crippen LogP contribution in [0.1, 0.15) is 25.7 Å². The van der Waals surface area contributed by atoms with E-state index in [4.69, 9.17) is 0 Å². The molecule has 3 rings (SSSR count). The maximum Gasteiger partial charge on any atom is 0.387 e. The molecule has 1 N–H and O–H groups in total. The zero-order valence-corrected chi connectivity index (χ0v) is 10.4. The summed E-state index contributed by atoms with van der Waals surface area (Å²) >= 11 is 0. The largest absolute Gasteiger partial charge is 0.432 e. The van der Waals surface area contributed by atoms with Crippen LogP contribution in [0, 0.1) is 17.7 Å². The van der Waals surface area contributed by atoms with Gasteiger partial charge in [0.1, 0.15) is 0 Å². The molecule has 2 nitrogen and oxygen atoms in total. The molecule has 3 unspecified atom stereocenters. The second kappa shape index (κ2) is 4.94. The summed E-state index contributed by atoms with van der Waals surface area (Å²) in [6.45, 7) is -3.00. The summed E-state index contributed by atoms with van der Waals surface area (Å²) in [4.78, 5) is 0. The van der Waals surface area contributed by atoms with E-state index < -0.39 is 18.2 Å². The predicted molar refractivity (Wildman–Crippen MR) is 65.9 cm³/mol. The Morgan fingerprint density at radius 3 is 2.63 bits per heavy atom. The highest BCUT2D eigenvalue weighted by molar-refractivity contribution is 5.48. The van der Waals surface area contributed by atoms with Crippen molar-refractivity contribution >= 4 is 5.69 Å². The highest BCUT2D eigenvalue weighted by atomic mass is 19.3. The second-order valence-electron chi connectivity index (χ2n) is 5.45. The van der Waals surface area contributed by atoms with Gasteiger partial charge in [0.05, 0.1) is 0 Å². The maximum atomic E-state index is 13.6. The van der Waals surface area contributed by atoms with Crippen LogP contribution in [0.3, 0.4) is 0 Å². The molecular weight excluding hydrogens is 255 g/mol. The number of hydrogen-bond donors (Lipinski definition) is 1. The summed E-state index contributed by atoms with van der Waals surface area (Å²) in [5.41, 5.74) is 0.636. The minimum Gasteiger partial charge on any atom is -0.432 e. The van der Waals surface area contributed by atoms with Gasteiger partial charge in [-0.1, -0.05) is 6.42 Å². The SMILES string of the molecule is Fc1cc(NC2CC3CCC2C3)ccc1OC(F)F. The van der Waals surface area contributed by atoms with Gasteiger partial charge in [-0.15, -0.1) is 0 Å². The van der Waals surface area contributed by atoms with E-state index in [1.54, 1.807) is 6.07 Å². The van der Waals surface area contributed by atoms with Crippen LogP contribution in [0.4, 0.5) is 18.9 Å². The lowest BCUT2D eigenvalue weighted by atomic mass is 9.95. The summed E-state index contributed by atoms with van der Waals surface area (Å²) in [7, 11) is 0. The molecule has 0 spiro atoms. The van der Waals surface area contributed by atoms with Gasteiger partial charge in [-0.25, -0.2) is 4.39 Å². The van der Waals surface area contributed by atoms with Crippen molar-refractivity contribution in [3.8, 4) is 5.75 Å². The van der Waals surface area contributed by atoms with Crippen LogP contribution in [-0.4, -0.2) is 12.7 Å². The Kier molecular flexibility index (Phi) is 3.29. The van der Waals surface area contributed by atoms with E-state index in [2.05, 4.69) is 10.1 Å². The molecule has 2 aliphatic carbocycles. The van der Waals surface area contributed by atoms with E-state index in [9.17, 15) is 13.2 Å². The van der Waals surface area contributed by atoms with E-state index in [-0.39, 0.29) is 0 Å². The van der Waals surface area contributed by atoms with Crippen LogP contribution < -0.4 is 10.1 Å². The van der Waals surface area contributed by atoms with Crippen molar-refractivity contribution in [2.24, 2.45) is 11.8 Å². The third kappa shape index (κ3) is 2.65. The van der Waals surface area contributed by atoms with Crippen molar-refractivity contribution in [1.29, 1.82) is 0 Å². The third-order valence-electron chi connectivity index (χ3n) is 4.24. The molecule has 104 valence electrons. The van der Waals surface area contributed by atoms with Crippen molar-refractivity contribution in [2.75, 3.05) is 5.32 Å². The summed E-state index contributed by atoms with van der Waals surface area (Å²) in [6.07, 6.45) is 4.92. The molecule has 1 aromatic rings. The Bertz CT molecular complexity index is 466. The molecule has 2 fully saturated rings. The maximum absolute atomic E-state index is 13.6. The molecule has 2 bridgehead atoms. The second-order valence-corrected chi connectivity index (χ2v) is 5.45. The standard InChI is InChI=1S/C14H16F3NO/c15-11-7-10(3-4-13(11)19-14(16)17)18-12-6-8-1-2-9(12)5-8/h3-4,7-9,12,14,18H,1-2,5-6H2. The van der Waals surface area contributed by atoms with Crippen LogP contribution in [0.15, 0.2) is 18.2 Å². The first-order chi connectivity index (χ1) is 9.11. The number of alkyl halides is 2. The Hall–Kier alpha value is -1.39. The monoisotopic (exact) mass is 271 g/mol. The molecule has 3 atom stereocenters. The van der Waals surface area contributed by atoms with Gasteiger partial charge < -0.3 is 10.1 Å². The number of anilines is 1. The highest BCUT2D eigenvalue weighted by Crippen LogP contribution is 2.45. The van der Waals surface area contributed by atoms with Gasteiger partial charge in [0.15, 0.2) is 11.6 Å². The van der Waals surface area contributed by atoms with Crippen LogP contribution in [0.5, 0.6) is 5.75 Å². The molecular formula is C14H16F3NO. The fourth-order valence-electron chi connectivity index (χ4n) is 3.42. The Labute approximate surface area is 109 Å². The first-order valence-electron chi connectivity index (χ1n) is 6.62. The van der Waals surface area contributed by atoms with Gasteiger partial charge >= 0.3 is 6.61 Å². The lowest BCUT2D eigenvalue weighted by molar-refractivity contribution is -0.0521. The number of fused-ring (bicyclic) bond motifs is 2. The van der Waals surface area contributed by atoms with Crippen molar-refractivity contribution in [1.82, 2.24) is 0 Å². The quantitative estimate of drug-likeness (QED) is 0.892. The van der Waals surface area contributed by atoms with Crippen molar-refractivity contribution in [3.63, 3.8) is 0 Å². The fourth-order valence-corrected chi connectivity index (χ4v) is 3.42. The minimum atomic E-state index is -3.00. The number of halogens is 3. The van der Waals surface area contributed by atoms with Crippen LogP contribution in [0.25, 0.3) is 0 Å². The van der Waals surface area contributed by atoms with Crippen LogP contribution in [-0.2, 0) is 0 Å². The molecule has 1 aromatic carbocycles. The number of nitrogens with one attached hydrogen (secondary N) is 1. The smallest absolute Gasteiger partial charge is 0.387 e. The molecule has 0 radical (unpaired) electrons. The third-order valence-corrected chi connectivity index (χ3v) is 4.24. The summed E-state index contributed by atoms with van der Waals surface area (Å²) in [5.74, 6) is 0.306. The average Bonchev–Trinajstić information content (AvgIpc) is 2.94. The van der Waals surface area contributed by atoms with Crippen LogP contribution in [0.2, 0.25) is 0 Å². The Morgan fingerprint density at radius 2 is 2.05 bits per heavy atom. The van der Waals surface area contributed by atoms with Gasteiger partial charge in [-0.2, -0.15) is 8.78 Å². The van der Waals surface area contributed by atoms with Gasteiger partial charge in [0.25, 0.3) is 0 Å². The molecule has 2 aliphatic rings. The molecule has 0 aliphatic heterocycles. The van der Waals surface area contributed by atoms with E-state index in [0.29, 0.717) is 17.6 Å². The van der Waals surface area contributed by atoms with E-state index in [1.807, 2.05) is 0 Å². The first kappa shape index (κ1) is 12.6. The van der Waals surface area contributed by atoms with Crippen LogP contribution >= 0.6 is 0 Å². The van der Waals surface area contributed by atoms with Gasteiger partial charge in [-0.05, 0) is 43.2 Å². The normalized spacial score (nSPS) is 28.9.